The maximum atomic E-state index is 12.1. The number of hydrogen-bond donors (Lipinski definition) is 1. The molecule has 3 nitrogen and oxygen atoms in total. The van der Waals surface area contributed by atoms with Crippen LogP contribution in [-0.2, 0) is 9.53 Å². The molecule has 0 aliphatic heterocycles. The van der Waals surface area contributed by atoms with Gasteiger partial charge in [-0.2, -0.15) is 0 Å². The first-order valence-corrected chi connectivity index (χ1v) is 17.3. The molecule has 0 aromatic heterocycles. The number of fused-ring (bicyclic) bond motifs is 1. The number of carbonyl (C=O) groups is 1. The first-order chi connectivity index (χ1) is 19.0. The second kappa shape index (κ2) is 15.9. The van der Waals surface area contributed by atoms with E-state index in [4.69, 9.17) is 4.74 Å². The zero-order valence-electron chi connectivity index (χ0n) is 27.3. The van der Waals surface area contributed by atoms with Gasteiger partial charge in [0.15, 0.2) is 0 Å². The lowest BCUT2D eigenvalue weighted by Gasteiger charge is -2.31. The molecule has 1 N–H and O–H groups in total. The van der Waals surface area contributed by atoms with Gasteiger partial charge >= 0.3 is 0 Å². The van der Waals surface area contributed by atoms with Gasteiger partial charge in [-0.1, -0.05) is 84.4 Å². The van der Waals surface area contributed by atoms with Crippen LogP contribution in [0, 0.1) is 35.0 Å². The molecule has 0 heterocycles. The third-order valence-electron chi connectivity index (χ3n) is 10.7. The van der Waals surface area contributed by atoms with Crippen molar-refractivity contribution < 1.29 is 9.53 Å². The molecule has 3 rings (SSSR count). The summed E-state index contributed by atoms with van der Waals surface area (Å²) in [5.41, 5.74) is 2.38. The van der Waals surface area contributed by atoms with Crippen LogP contribution >= 0.6 is 0 Å². The first kappa shape index (κ1) is 33.4. The second-order valence-corrected chi connectivity index (χ2v) is 15.2. The van der Waals surface area contributed by atoms with Crippen LogP contribution < -0.4 is 5.32 Å². The van der Waals surface area contributed by atoms with Crippen molar-refractivity contribution >= 4 is 5.78 Å². The summed E-state index contributed by atoms with van der Waals surface area (Å²) in [5.74, 6) is 4.83. The minimum absolute atomic E-state index is 0.0610. The van der Waals surface area contributed by atoms with E-state index in [1.807, 2.05) is 0 Å². The minimum atomic E-state index is -0.117. The Morgan fingerprint density at radius 2 is 1.60 bits per heavy atom. The molecule has 0 saturated heterocycles. The van der Waals surface area contributed by atoms with Crippen molar-refractivity contribution in [3.63, 3.8) is 0 Å². The second-order valence-electron chi connectivity index (χ2n) is 15.2. The number of rotatable bonds is 21. The average Bonchev–Trinajstić information content (AvgIpc) is 3.78. The summed E-state index contributed by atoms with van der Waals surface area (Å²) in [6, 6.07) is 0. The zero-order chi connectivity index (χ0) is 29.2. The van der Waals surface area contributed by atoms with E-state index in [9.17, 15) is 4.79 Å². The van der Waals surface area contributed by atoms with Gasteiger partial charge < -0.3 is 10.1 Å². The summed E-state index contributed by atoms with van der Waals surface area (Å²) >= 11 is 0. The Hall–Kier alpha value is -1.09. The van der Waals surface area contributed by atoms with E-state index in [0.29, 0.717) is 11.7 Å². The minimum Gasteiger partial charge on any atom is -0.381 e. The number of nitrogens with one attached hydrogen (secondary N) is 1. The predicted octanol–water partition coefficient (Wildman–Crippen LogP) is 10.2. The molecule has 0 amide bonds. The van der Waals surface area contributed by atoms with E-state index in [1.165, 1.54) is 81.9 Å². The average molecular weight is 556 g/mol. The molecule has 0 radical (unpaired) electrons. The molecule has 3 aliphatic carbocycles. The fourth-order valence-corrected chi connectivity index (χ4v) is 7.44. The first-order valence-electron chi connectivity index (χ1n) is 17.3. The highest BCUT2D eigenvalue weighted by Crippen LogP contribution is 2.55. The van der Waals surface area contributed by atoms with E-state index in [-0.39, 0.29) is 11.0 Å². The van der Waals surface area contributed by atoms with Crippen molar-refractivity contribution in [2.75, 3.05) is 13.2 Å². The maximum Gasteiger partial charge on any atom is 0.138 e. The molecular formula is C37H65NO2. The Bertz CT molecular complexity index is 795. The van der Waals surface area contributed by atoms with Crippen molar-refractivity contribution in [3.8, 4) is 0 Å². The number of carbonyl (C=O) groups excluding carboxylic acids is 1. The van der Waals surface area contributed by atoms with Crippen molar-refractivity contribution in [2.45, 2.75) is 156 Å². The van der Waals surface area contributed by atoms with Crippen LogP contribution in [0.3, 0.4) is 0 Å². The van der Waals surface area contributed by atoms with E-state index >= 15 is 0 Å². The van der Waals surface area contributed by atoms with Gasteiger partial charge in [0, 0.05) is 30.7 Å². The topological polar surface area (TPSA) is 38.3 Å². The Morgan fingerprint density at radius 1 is 0.925 bits per heavy atom. The molecule has 0 bridgehead atoms. The van der Waals surface area contributed by atoms with Crippen LogP contribution in [0.25, 0.3) is 0 Å². The molecule has 40 heavy (non-hydrogen) atoms. The summed E-state index contributed by atoms with van der Waals surface area (Å²) in [5, 5.41) is 3.71. The Balaban J connectivity index is 1.17. The molecule has 4 atom stereocenters. The van der Waals surface area contributed by atoms with Crippen LogP contribution in [0.5, 0.6) is 0 Å². The normalized spacial score (nSPS) is 25.2. The zero-order valence-corrected chi connectivity index (χ0v) is 27.3. The lowest BCUT2D eigenvalue weighted by molar-refractivity contribution is -0.123. The molecule has 3 fully saturated rings. The third kappa shape index (κ3) is 11.3. The van der Waals surface area contributed by atoms with Gasteiger partial charge in [-0.05, 0) is 108 Å². The van der Waals surface area contributed by atoms with E-state index < -0.39 is 0 Å². The predicted molar refractivity (Wildman–Crippen MR) is 171 cm³/mol. The number of ketones is 1. The monoisotopic (exact) mass is 556 g/mol. The molecule has 3 aliphatic rings. The smallest absolute Gasteiger partial charge is 0.138 e. The summed E-state index contributed by atoms with van der Waals surface area (Å²) < 4.78 is 6.07. The van der Waals surface area contributed by atoms with Crippen molar-refractivity contribution in [2.24, 2.45) is 35.0 Å². The lowest BCUT2D eigenvalue weighted by atomic mass is 9.91. The standard InChI is InChI=1S/C37H65NO2/c1-28(16-11-10-14-20-35(39)37(7)23-24-37)26-29(2)27-40-25-15-17-30(3)36(5,6)38-31(4)21-22-34-32-18-12-8-9-13-19-33(32)34/h28-29,32-34,38H,3-4,8-27H2,1-2,5-7H3. The number of Topliss-reactive ketones (excluding diaryl/α,β-unsaturated/α-hetero) is 1. The van der Waals surface area contributed by atoms with Crippen LogP contribution in [0.2, 0.25) is 0 Å². The SMILES string of the molecule is C=C(CCC1C2CCCCCCC21)NC(C)(C)C(=C)CCCOCC(C)CC(C)CCCCCC(=O)C1(C)CC1. The Labute approximate surface area is 248 Å². The van der Waals surface area contributed by atoms with Gasteiger partial charge in [-0.15, -0.1) is 0 Å². The van der Waals surface area contributed by atoms with Gasteiger partial charge in [0.25, 0.3) is 0 Å². The van der Waals surface area contributed by atoms with Crippen molar-refractivity contribution in [1.29, 1.82) is 0 Å². The highest BCUT2D eigenvalue weighted by molar-refractivity contribution is 5.86. The molecule has 0 spiro atoms. The van der Waals surface area contributed by atoms with Gasteiger partial charge in [-0.25, -0.2) is 0 Å². The van der Waals surface area contributed by atoms with Gasteiger partial charge in [0.05, 0.1) is 5.54 Å². The van der Waals surface area contributed by atoms with E-state index in [2.05, 4.69) is 53.1 Å². The number of allylic oxidation sites excluding steroid dienone is 1. The fraction of sp³-hybridized carbons (Fsp3) is 0.865. The quantitative estimate of drug-likeness (QED) is 0.113. The third-order valence-corrected chi connectivity index (χ3v) is 10.7. The number of ether oxygens (including phenoxy) is 1. The molecule has 4 unspecified atom stereocenters. The molecule has 0 aromatic rings. The highest BCUT2D eigenvalue weighted by atomic mass is 16.5. The van der Waals surface area contributed by atoms with Crippen LogP contribution in [0.15, 0.2) is 24.4 Å². The van der Waals surface area contributed by atoms with Gasteiger partial charge in [0.2, 0.25) is 0 Å². The van der Waals surface area contributed by atoms with Crippen molar-refractivity contribution in [3.05, 3.63) is 24.4 Å². The molecule has 3 heteroatoms. The fourth-order valence-electron chi connectivity index (χ4n) is 7.44. The Morgan fingerprint density at radius 3 is 2.25 bits per heavy atom. The molecular weight excluding hydrogens is 490 g/mol. The molecule has 230 valence electrons. The maximum absolute atomic E-state index is 12.1. The van der Waals surface area contributed by atoms with Crippen LogP contribution in [0.1, 0.15) is 150 Å². The largest absolute Gasteiger partial charge is 0.381 e. The summed E-state index contributed by atoms with van der Waals surface area (Å²) in [6.07, 6.45) is 22.2. The number of hydrogen-bond acceptors (Lipinski definition) is 3. The van der Waals surface area contributed by atoms with E-state index in [1.54, 1.807) is 0 Å². The summed E-state index contributed by atoms with van der Waals surface area (Å²) in [4.78, 5) is 12.1. The number of unbranched alkanes of at least 4 members (excludes halogenated alkanes) is 2. The summed E-state index contributed by atoms with van der Waals surface area (Å²) in [7, 11) is 0. The van der Waals surface area contributed by atoms with Gasteiger partial charge in [-0.3, -0.25) is 4.79 Å². The Kier molecular flexibility index (Phi) is 13.3. The van der Waals surface area contributed by atoms with Crippen LogP contribution in [-0.4, -0.2) is 24.5 Å². The lowest BCUT2D eigenvalue weighted by Crippen LogP contribution is -2.40. The van der Waals surface area contributed by atoms with E-state index in [0.717, 1.165) is 81.8 Å². The molecule has 3 saturated carbocycles. The highest BCUT2D eigenvalue weighted by Gasteiger charge is 2.48. The van der Waals surface area contributed by atoms with Crippen molar-refractivity contribution in [1.82, 2.24) is 5.32 Å². The van der Waals surface area contributed by atoms with Crippen LogP contribution in [0.4, 0.5) is 0 Å². The summed E-state index contributed by atoms with van der Waals surface area (Å²) in [6.45, 7) is 21.8. The molecule has 0 aromatic carbocycles. The van der Waals surface area contributed by atoms with Gasteiger partial charge in [0.1, 0.15) is 5.78 Å².